The van der Waals surface area contributed by atoms with Gasteiger partial charge in [-0.05, 0) is 43.2 Å². The number of amides is 1. The van der Waals surface area contributed by atoms with Crippen LogP contribution in [0.5, 0.6) is 0 Å². The van der Waals surface area contributed by atoms with Crippen LogP contribution in [0.4, 0.5) is 5.69 Å². The number of nitrogens with one attached hydrogen (secondary N) is 1. The van der Waals surface area contributed by atoms with Crippen molar-refractivity contribution in [2.45, 2.75) is 26.8 Å². The summed E-state index contributed by atoms with van der Waals surface area (Å²) in [6.07, 6.45) is 2.41. The normalized spacial score (nSPS) is 10.8. The van der Waals surface area contributed by atoms with E-state index >= 15 is 0 Å². The van der Waals surface area contributed by atoms with Gasteiger partial charge >= 0.3 is 0 Å². The van der Waals surface area contributed by atoms with Gasteiger partial charge in [-0.1, -0.05) is 36.7 Å². The standard InChI is InChI=1S/C20H19ClN2O2/c1-3-13-7-5-6-8-17(13)22-20(25)16-12-23(4-2)18-10-9-14(21)11-15(18)19(16)24/h5-12H,3-4H2,1-2H3,(H,22,25). The van der Waals surface area contributed by atoms with Crippen molar-refractivity contribution in [3.05, 3.63) is 75.0 Å². The molecule has 3 aromatic rings. The van der Waals surface area contributed by atoms with Crippen molar-refractivity contribution in [1.29, 1.82) is 0 Å². The molecule has 0 aliphatic heterocycles. The van der Waals surface area contributed by atoms with Gasteiger partial charge in [0.25, 0.3) is 5.91 Å². The largest absolute Gasteiger partial charge is 0.347 e. The molecule has 0 atom stereocenters. The van der Waals surface area contributed by atoms with Gasteiger partial charge in [0, 0.05) is 28.8 Å². The van der Waals surface area contributed by atoms with Crippen LogP contribution in [0.3, 0.4) is 0 Å². The fraction of sp³-hybridized carbons (Fsp3) is 0.200. The lowest BCUT2D eigenvalue weighted by atomic mass is 10.1. The lowest BCUT2D eigenvalue weighted by Crippen LogP contribution is -2.24. The van der Waals surface area contributed by atoms with Crippen molar-refractivity contribution >= 4 is 34.1 Å². The molecule has 0 saturated carbocycles. The Morgan fingerprint density at radius 1 is 1.16 bits per heavy atom. The second kappa shape index (κ2) is 7.11. The molecule has 0 fully saturated rings. The number of carbonyl (C=O) groups is 1. The summed E-state index contributed by atoms with van der Waals surface area (Å²) in [4.78, 5) is 25.5. The summed E-state index contributed by atoms with van der Waals surface area (Å²) in [5, 5.41) is 3.79. The second-order valence-corrected chi connectivity index (χ2v) is 6.22. The molecule has 2 aromatic carbocycles. The molecule has 3 rings (SSSR count). The third-order valence-electron chi connectivity index (χ3n) is 4.27. The Morgan fingerprint density at radius 3 is 2.64 bits per heavy atom. The first-order valence-electron chi connectivity index (χ1n) is 8.27. The van der Waals surface area contributed by atoms with E-state index < -0.39 is 5.91 Å². The summed E-state index contributed by atoms with van der Waals surface area (Å²) in [5.74, 6) is -0.407. The highest BCUT2D eigenvalue weighted by molar-refractivity contribution is 6.31. The Hall–Kier alpha value is -2.59. The van der Waals surface area contributed by atoms with E-state index in [9.17, 15) is 9.59 Å². The van der Waals surface area contributed by atoms with Gasteiger partial charge in [0.05, 0.1) is 5.52 Å². The van der Waals surface area contributed by atoms with Crippen molar-refractivity contribution < 1.29 is 4.79 Å². The number of aryl methyl sites for hydroxylation is 2. The number of aromatic nitrogens is 1. The van der Waals surface area contributed by atoms with Crippen molar-refractivity contribution in [2.75, 3.05) is 5.32 Å². The number of pyridine rings is 1. The monoisotopic (exact) mass is 354 g/mol. The first-order chi connectivity index (χ1) is 12.0. The van der Waals surface area contributed by atoms with Crippen LogP contribution in [0.25, 0.3) is 10.9 Å². The van der Waals surface area contributed by atoms with E-state index in [4.69, 9.17) is 11.6 Å². The zero-order valence-electron chi connectivity index (χ0n) is 14.2. The Bertz CT molecular complexity index is 1010. The quantitative estimate of drug-likeness (QED) is 0.750. The van der Waals surface area contributed by atoms with E-state index in [0.29, 0.717) is 17.0 Å². The molecule has 0 aliphatic rings. The van der Waals surface area contributed by atoms with Crippen molar-refractivity contribution in [1.82, 2.24) is 4.57 Å². The molecule has 0 radical (unpaired) electrons. The van der Waals surface area contributed by atoms with Crippen LogP contribution in [0.15, 0.2) is 53.5 Å². The number of nitrogens with zero attached hydrogens (tertiary/aromatic N) is 1. The number of halogens is 1. The molecular formula is C20H19ClN2O2. The van der Waals surface area contributed by atoms with Crippen LogP contribution in [0.1, 0.15) is 29.8 Å². The number of anilines is 1. The van der Waals surface area contributed by atoms with Gasteiger partial charge in [-0.2, -0.15) is 0 Å². The fourth-order valence-corrected chi connectivity index (χ4v) is 3.11. The Morgan fingerprint density at radius 2 is 1.92 bits per heavy atom. The number of hydrogen-bond acceptors (Lipinski definition) is 2. The van der Waals surface area contributed by atoms with Crippen LogP contribution in [0, 0.1) is 0 Å². The van der Waals surface area contributed by atoms with Crippen LogP contribution in [0.2, 0.25) is 5.02 Å². The molecule has 1 heterocycles. The summed E-state index contributed by atoms with van der Waals surface area (Å²) < 4.78 is 1.88. The molecule has 1 aromatic heterocycles. The Kier molecular flexibility index (Phi) is 4.91. The molecule has 0 unspecified atom stereocenters. The van der Waals surface area contributed by atoms with Crippen LogP contribution >= 0.6 is 11.6 Å². The van der Waals surface area contributed by atoms with Crippen molar-refractivity contribution in [3.63, 3.8) is 0 Å². The van der Waals surface area contributed by atoms with Gasteiger partial charge < -0.3 is 9.88 Å². The van der Waals surface area contributed by atoms with Gasteiger partial charge in [0.1, 0.15) is 5.56 Å². The fourth-order valence-electron chi connectivity index (χ4n) is 2.93. The zero-order chi connectivity index (χ0) is 18.0. The number of para-hydroxylation sites is 1. The smallest absolute Gasteiger partial charge is 0.261 e. The lowest BCUT2D eigenvalue weighted by molar-refractivity contribution is 0.102. The van der Waals surface area contributed by atoms with E-state index in [-0.39, 0.29) is 11.0 Å². The maximum absolute atomic E-state index is 12.8. The molecule has 5 heteroatoms. The van der Waals surface area contributed by atoms with Gasteiger partial charge in [0.2, 0.25) is 5.43 Å². The first kappa shape index (κ1) is 17.2. The molecule has 128 valence electrons. The highest BCUT2D eigenvalue weighted by atomic mass is 35.5. The minimum atomic E-state index is -0.407. The maximum atomic E-state index is 12.8. The van der Waals surface area contributed by atoms with E-state index in [2.05, 4.69) is 5.32 Å². The molecule has 4 nitrogen and oxygen atoms in total. The lowest BCUT2D eigenvalue weighted by Gasteiger charge is -2.13. The topological polar surface area (TPSA) is 51.1 Å². The van der Waals surface area contributed by atoms with Crippen LogP contribution in [-0.2, 0) is 13.0 Å². The summed E-state index contributed by atoms with van der Waals surface area (Å²) >= 11 is 6.04. The van der Waals surface area contributed by atoms with Crippen LogP contribution in [-0.4, -0.2) is 10.5 Å². The predicted molar refractivity (Wildman–Crippen MR) is 103 cm³/mol. The molecule has 0 aliphatic carbocycles. The van der Waals surface area contributed by atoms with Gasteiger partial charge in [0.15, 0.2) is 0 Å². The molecule has 0 spiro atoms. The summed E-state index contributed by atoms with van der Waals surface area (Å²) in [6.45, 7) is 4.63. The Balaban J connectivity index is 2.10. The number of hydrogen-bond donors (Lipinski definition) is 1. The van der Waals surface area contributed by atoms with Crippen molar-refractivity contribution in [2.24, 2.45) is 0 Å². The van der Waals surface area contributed by atoms with E-state index in [1.807, 2.05) is 42.7 Å². The summed E-state index contributed by atoms with van der Waals surface area (Å²) in [5.41, 5.74) is 2.32. The summed E-state index contributed by atoms with van der Waals surface area (Å²) in [6, 6.07) is 12.7. The zero-order valence-corrected chi connectivity index (χ0v) is 14.9. The van der Waals surface area contributed by atoms with E-state index in [0.717, 1.165) is 23.2 Å². The van der Waals surface area contributed by atoms with Gasteiger partial charge in [-0.3, -0.25) is 9.59 Å². The highest BCUT2D eigenvalue weighted by Crippen LogP contribution is 2.19. The third kappa shape index (κ3) is 3.30. The van der Waals surface area contributed by atoms with Gasteiger partial charge in [-0.25, -0.2) is 0 Å². The number of rotatable bonds is 4. The van der Waals surface area contributed by atoms with Crippen LogP contribution < -0.4 is 10.7 Å². The minimum Gasteiger partial charge on any atom is -0.347 e. The molecule has 0 bridgehead atoms. The SMILES string of the molecule is CCc1ccccc1NC(=O)c1cn(CC)c2ccc(Cl)cc2c1=O. The molecule has 1 N–H and O–H groups in total. The highest BCUT2D eigenvalue weighted by Gasteiger charge is 2.16. The summed E-state index contributed by atoms with van der Waals surface area (Å²) in [7, 11) is 0. The number of carbonyl (C=O) groups excluding carboxylic acids is 1. The number of benzene rings is 2. The third-order valence-corrected chi connectivity index (χ3v) is 4.51. The predicted octanol–water partition coefficient (Wildman–Crippen LogP) is 4.49. The van der Waals surface area contributed by atoms with E-state index in [1.165, 1.54) is 0 Å². The first-order valence-corrected chi connectivity index (χ1v) is 8.65. The van der Waals surface area contributed by atoms with Crippen molar-refractivity contribution in [3.8, 4) is 0 Å². The molecule has 1 amide bonds. The average molecular weight is 355 g/mol. The van der Waals surface area contributed by atoms with E-state index in [1.54, 1.807) is 24.4 Å². The number of fused-ring (bicyclic) bond motifs is 1. The minimum absolute atomic E-state index is 0.113. The Labute approximate surface area is 151 Å². The average Bonchev–Trinajstić information content (AvgIpc) is 2.62. The maximum Gasteiger partial charge on any atom is 0.261 e. The molecule has 0 saturated heterocycles. The van der Waals surface area contributed by atoms with Gasteiger partial charge in [-0.15, -0.1) is 0 Å². The second-order valence-electron chi connectivity index (χ2n) is 5.78. The molecular weight excluding hydrogens is 336 g/mol. The molecule has 25 heavy (non-hydrogen) atoms.